The molecule has 13 heavy (non-hydrogen) atoms. The molecule has 0 aliphatic rings. The van der Waals surface area contributed by atoms with E-state index in [4.69, 9.17) is 11.6 Å². The van der Waals surface area contributed by atoms with E-state index >= 15 is 0 Å². The number of nitrogens with one attached hydrogen (secondary N) is 1. The number of aromatic nitrogens is 2. The first-order valence-corrected chi connectivity index (χ1v) is 4.34. The van der Waals surface area contributed by atoms with Crippen LogP contribution in [-0.2, 0) is 0 Å². The first-order valence-electron chi connectivity index (χ1n) is 3.96. The first kappa shape index (κ1) is 10.1. The zero-order chi connectivity index (χ0) is 10.2. The van der Waals surface area contributed by atoms with Crippen molar-refractivity contribution in [3.63, 3.8) is 0 Å². The van der Waals surface area contributed by atoms with Crippen molar-refractivity contribution in [3.05, 3.63) is 31.6 Å². The van der Waals surface area contributed by atoms with Crippen molar-refractivity contribution in [1.29, 1.82) is 0 Å². The third-order valence-electron chi connectivity index (χ3n) is 1.82. The number of H-pyrrole nitrogens is 1. The van der Waals surface area contributed by atoms with Crippen molar-refractivity contribution < 1.29 is 0 Å². The molecule has 0 unspecified atom stereocenters. The van der Waals surface area contributed by atoms with Crippen LogP contribution in [-0.4, -0.2) is 9.55 Å². The molecule has 1 N–H and O–H groups in total. The molecule has 1 aromatic rings. The molecule has 0 saturated heterocycles. The maximum absolute atomic E-state index is 11.5. The van der Waals surface area contributed by atoms with Crippen molar-refractivity contribution >= 4 is 11.6 Å². The van der Waals surface area contributed by atoms with Gasteiger partial charge in [-0.05, 0) is 20.8 Å². The molecule has 72 valence electrons. The van der Waals surface area contributed by atoms with E-state index in [2.05, 4.69) is 4.98 Å². The summed E-state index contributed by atoms with van der Waals surface area (Å²) < 4.78 is 1.14. The average molecular weight is 203 g/mol. The van der Waals surface area contributed by atoms with Gasteiger partial charge in [-0.15, -0.1) is 0 Å². The van der Waals surface area contributed by atoms with Crippen LogP contribution in [0.15, 0.2) is 9.59 Å². The quantitative estimate of drug-likeness (QED) is 0.693. The smallest absolute Gasteiger partial charge is 0.297 e. The average Bonchev–Trinajstić information content (AvgIpc) is 1.99. The molecular weight excluding hydrogens is 192 g/mol. The van der Waals surface area contributed by atoms with Gasteiger partial charge in [0.1, 0.15) is 5.15 Å². The van der Waals surface area contributed by atoms with Gasteiger partial charge in [-0.2, -0.15) is 0 Å². The second-order valence-corrected chi connectivity index (χ2v) is 3.52. The van der Waals surface area contributed by atoms with E-state index in [1.54, 1.807) is 20.8 Å². The Kier molecular flexibility index (Phi) is 2.61. The van der Waals surface area contributed by atoms with Crippen LogP contribution in [0, 0.1) is 6.92 Å². The highest BCUT2D eigenvalue weighted by molar-refractivity contribution is 6.30. The maximum Gasteiger partial charge on any atom is 0.329 e. The highest BCUT2D eigenvalue weighted by Crippen LogP contribution is 2.04. The summed E-state index contributed by atoms with van der Waals surface area (Å²) in [6.07, 6.45) is 0. The molecule has 1 heterocycles. The lowest BCUT2D eigenvalue weighted by Crippen LogP contribution is -2.37. The van der Waals surface area contributed by atoms with Crippen molar-refractivity contribution in [1.82, 2.24) is 9.55 Å². The molecule has 0 saturated carbocycles. The SMILES string of the molecule is Cc1c(Cl)[nH]c(=O)n(C(C)C)c1=O. The Morgan fingerprint density at radius 2 is 1.92 bits per heavy atom. The van der Waals surface area contributed by atoms with Gasteiger partial charge in [-0.3, -0.25) is 14.3 Å². The van der Waals surface area contributed by atoms with E-state index in [1.165, 1.54) is 0 Å². The Hall–Kier alpha value is -1.03. The summed E-state index contributed by atoms with van der Waals surface area (Å²) in [7, 11) is 0. The minimum absolute atomic E-state index is 0.118. The van der Waals surface area contributed by atoms with Gasteiger partial charge in [0, 0.05) is 11.6 Å². The lowest BCUT2D eigenvalue weighted by Gasteiger charge is -2.09. The van der Waals surface area contributed by atoms with E-state index < -0.39 is 5.69 Å². The number of aromatic amines is 1. The van der Waals surface area contributed by atoms with Crippen LogP contribution in [0.2, 0.25) is 5.15 Å². The molecule has 0 aliphatic carbocycles. The van der Waals surface area contributed by atoms with Gasteiger partial charge in [0.05, 0.1) is 0 Å². The van der Waals surface area contributed by atoms with E-state index in [0.717, 1.165) is 4.57 Å². The van der Waals surface area contributed by atoms with Crippen molar-refractivity contribution in [2.75, 3.05) is 0 Å². The van der Waals surface area contributed by atoms with Crippen LogP contribution in [0.5, 0.6) is 0 Å². The molecular formula is C8H11ClN2O2. The fourth-order valence-corrected chi connectivity index (χ4v) is 1.25. The predicted molar refractivity (Wildman–Crippen MR) is 51.5 cm³/mol. The zero-order valence-electron chi connectivity index (χ0n) is 7.72. The summed E-state index contributed by atoms with van der Waals surface area (Å²) in [6, 6.07) is -0.160. The Bertz CT molecular complexity index is 431. The number of hydrogen-bond donors (Lipinski definition) is 1. The van der Waals surface area contributed by atoms with Crippen molar-refractivity contribution in [3.8, 4) is 0 Å². The second kappa shape index (κ2) is 3.38. The van der Waals surface area contributed by atoms with Gasteiger partial charge in [0.15, 0.2) is 0 Å². The van der Waals surface area contributed by atoms with E-state index in [1.807, 2.05) is 0 Å². The van der Waals surface area contributed by atoms with Crippen LogP contribution < -0.4 is 11.2 Å². The van der Waals surface area contributed by atoms with Crippen molar-refractivity contribution in [2.45, 2.75) is 26.8 Å². The molecule has 0 bridgehead atoms. The third-order valence-corrected chi connectivity index (χ3v) is 2.20. The summed E-state index contributed by atoms with van der Waals surface area (Å²) in [5, 5.41) is 0.118. The standard InChI is InChI=1S/C8H11ClN2O2/c1-4(2)11-7(12)5(3)6(9)10-8(11)13/h4H,1-3H3,(H,10,13). The lowest BCUT2D eigenvalue weighted by atomic mass is 10.3. The second-order valence-electron chi connectivity index (χ2n) is 3.14. The summed E-state index contributed by atoms with van der Waals surface area (Å²) in [6.45, 7) is 5.12. The van der Waals surface area contributed by atoms with Gasteiger partial charge in [-0.25, -0.2) is 4.79 Å². The lowest BCUT2D eigenvalue weighted by molar-refractivity contribution is 0.542. The summed E-state index contributed by atoms with van der Waals surface area (Å²) in [4.78, 5) is 25.2. The van der Waals surface area contributed by atoms with Gasteiger partial charge in [0.2, 0.25) is 0 Å². The molecule has 5 heteroatoms. The van der Waals surface area contributed by atoms with Crippen molar-refractivity contribution in [2.24, 2.45) is 0 Å². The number of hydrogen-bond acceptors (Lipinski definition) is 2. The van der Waals surface area contributed by atoms with Gasteiger partial charge < -0.3 is 0 Å². The van der Waals surface area contributed by atoms with Gasteiger partial charge in [0.25, 0.3) is 5.56 Å². The molecule has 0 amide bonds. The molecule has 0 spiro atoms. The molecule has 4 nitrogen and oxygen atoms in total. The summed E-state index contributed by atoms with van der Waals surface area (Å²) in [5.41, 5.74) is -0.422. The Labute approximate surface area is 80.2 Å². The minimum atomic E-state index is -0.462. The highest BCUT2D eigenvalue weighted by atomic mass is 35.5. The fourth-order valence-electron chi connectivity index (χ4n) is 1.08. The molecule has 1 rings (SSSR count). The third kappa shape index (κ3) is 1.67. The Morgan fingerprint density at radius 1 is 1.38 bits per heavy atom. The largest absolute Gasteiger partial charge is 0.329 e. The summed E-state index contributed by atoms with van der Waals surface area (Å²) in [5.74, 6) is 0. The molecule has 0 aliphatic heterocycles. The van der Waals surface area contributed by atoms with Crippen LogP contribution in [0.3, 0.4) is 0 Å². The Balaban J connectivity index is 3.64. The molecule has 0 fully saturated rings. The van der Waals surface area contributed by atoms with E-state index in [9.17, 15) is 9.59 Å². The van der Waals surface area contributed by atoms with E-state index in [-0.39, 0.29) is 16.8 Å². The topological polar surface area (TPSA) is 54.9 Å². The molecule has 1 aromatic heterocycles. The zero-order valence-corrected chi connectivity index (χ0v) is 8.47. The van der Waals surface area contributed by atoms with E-state index in [0.29, 0.717) is 5.56 Å². The number of halogens is 1. The minimum Gasteiger partial charge on any atom is -0.297 e. The van der Waals surface area contributed by atoms with Crippen LogP contribution in [0.25, 0.3) is 0 Å². The Morgan fingerprint density at radius 3 is 2.38 bits per heavy atom. The summed E-state index contributed by atoms with van der Waals surface area (Å²) >= 11 is 5.63. The number of rotatable bonds is 1. The fraction of sp³-hybridized carbons (Fsp3) is 0.500. The number of nitrogens with zero attached hydrogens (tertiary/aromatic N) is 1. The predicted octanol–water partition coefficient (Wildman–Crippen LogP) is 1.08. The molecule has 0 radical (unpaired) electrons. The molecule has 0 aromatic carbocycles. The molecule has 0 atom stereocenters. The normalized spacial score (nSPS) is 10.8. The monoisotopic (exact) mass is 202 g/mol. The van der Waals surface area contributed by atoms with Crippen LogP contribution in [0.4, 0.5) is 0 Å². The first-order chi connectivity index (χ1) is 5.95. The van der Waals surface area contributed by atoms with Crippen LogP contribution in [0.1, 0.15) is 25.5 Å². The van der Waals surface area contributed by atoms with Gasteiger partial charge in [-0.1, -0.05) is 11.6 Å². The highest BCUT2D eigenvalue weighted by Gasteiger charge is 2.10. The maximum atomic E-state index is 11.5. The van der Waals surface area contributed by atoms with Crippen LogP contribution >= 0.6 is 11.6 Å². The van der Waals surface area contributed by atoms with Gasteiger partial charge >= 0.3 is 5.69 Å².